The van der Waals surface area contributed by atoms with Crippen LogP contribution >= 0.6 is 23.4 Å². The van der Waals surface area contributed by atoms with Crippen molar-refractivity contribution >= 4 is 40.5 Å². The molecule has 1 unspecified atom stereocenters. The molecule has 3 rings (SSSR count). The Morgan fingerprint density at radius 1 is 1.33 bits per heavy atom. The van der Waals surface area contributed by atoms with Crippen molar-refractivity contribution in [2.24, 2.45) is 4.99 Å². The van der Waals surface area contributed by atoms with Crippen LogP contribution in [0.3, 0.4) is 0 Å². The van der Waals surface area contributed by atoms with Gasteiger partial charge in [0.05, 0.1) is 37.4 Å². The first-order valence-corrected chi connectivity index (χ1v) is 9.66. The largest absolute Gasteiger partial charge is 0.466 e. The molecule has 142 valence electrons. The van der Waals surface area contributed by atoms with E-state index in [0.29, 0.717) is 33.8 Å². The maximum Gasteiger partial charge on any atom is 0.338 e. The number of hydrogen-bond donors (Lipinski definition) is 0. The predicted molar refractivity (Wildman–Crippen MR) is 105 cm³/mol. The lowest BCUT2D eigenvalue weighted by Crippen LogP contribution is -2.37. The number of esters is 2. The van der Waals surface area contributed by atoms with E-state index in [1.807, 2.05) is 28.5 Å². The lowest BCUT2D eigenvalue weighted by Gasteiger charge is -2.36. The first-order valence-electron chi connectivity index (χ1n) is 8.40. The average molecular weight is 407 g/mol. The summed E-state index contributed by atoms with van der Waals surface area (Å²) < 4.78 is 10.1. The third-order valence-electron chi connectivity index (χ3n) is 4.24. The fraction of sp³-hybridized carbons (Fsp3) is 0.316. The summed E-state index contributed by atoms with van der Waals surface area (Å²) in [4.78, 5) is 31.0. The van der Waals surface area contributed by atoms with Gasteiger partial charge in [0.2, 0.25) is 0 Å². The first-order chi connectivity index (χ1) is 13.0. The number of nitrogens with zero attached hydrogens (tertiary/aromatic N) is 2. The molecule has 2 aliphatic rings. The summed E-state index contributed by atoms with van der Waals surface area (Å²) in [6.45, 7) is 3.84. The molecule has 0 bridgehead atoms. The second-order valence-electron chi connectivity index (χ2n) is 5.89. The Balaban J connectivity index is 2.09. The minimum absolute atomic E-state index is 0.0777. The van der Waals surface area contributed by atoms with Gasteiger partial charge in [0, 0.05) is 10.7 Å². The van der Waals surface area contributed by atoms with Gasteiger partial charge in [0.25, 0.3) is 0 Å². The van der Waals surface area contributed by atoms with Crippen molar-refractivity contribution < 1.29 is 19.1 Å². The normalized spacial score (nSPS) is 18.7. The van der Waals surface area contributed by atoms with Gasteiger partial charge in [-0.25, -0.2) is 9.79 Å². The number of methoxy groups -OCH3 is 1. The molecule has 0 saturated heterocycles. The van der Waals surface area contributed by atoms with E-state index < -0.39 is 12.0 Å². The summed E-state index contributed by atoms with van der Waals surface area (Å²) in [5.41, 5.74) is 2.41. The van der Waals surface area contributed by atoms with Crippen molar-refractivity contribution in [1.82, 2.24) is 4.90 Å². The molecular weight excluding hydrogens is 388 g/mol. The molecule has 6 nitrogen and oxygen atoms in total. The summed E-state index contributed by atoms with van der Waals surface area (Å²) in [6, 6.07) is 6.78. The van der Waals surface area contributed by atoms with Gasteiger partial charge in [-0.3, -0.25) is 4.79 Å². The first kappa shape index (κ1) is 19.5. The molecule has 0 N–H and O–H groups in total. The molecule has 0 aromatic heterocycles. The maximum absolute atomic E-state index is 12.6. The molecule has 1 aromatic rings. The average Bonchev–Trinajstić information content (AvgIpc) is 3.03. The minimum Gasteiger partial charge on any atom is -0.466 e. The molecule has 8 heteroatoms. The summed E-state index contributed by atoms with van der Waals surface area (Å²) in [5.74, 6) is -0.818. The van der Waals surface area contributed by atoms with Crippen LogP contribution in [0.1, 0.15) is 31.9 Å². The molecule has 27 heavy (non-hydrogen) atoms. The number of aliphatic imine (C=N–C) groups is 1. The van der Waals surface area contributed by atoms with E-state index in [1.165, 1.54) is 18.9 Å². The summed E-state index contributed by atoms with van der Waals surface area (Å²) in [7, 11) is 1.33. The predicted octanol–water partition coefficient (Wildman–Crippen LogP) is 4.04. The van der Waals surface area contributed by atoms with Crippen LogP contribution in [0, 0.1) is 0 Å². The standard InChI is InChI=1S/C19H19ClN2O4S/c1-4-26-15(23)9-12-10-27-19-21-11(2)16(18(24)25-3)17(22(12)19)13-7-5-6-8-14(13)20/h5-8,10,17H,4,9H2,1-3H3. The lowest BCUT2D eigenvalue weighted by atomic mass is 9.94. The van der Waals surface area contributed by atoms with E-state index in [2.05, 4.69) is 4.99 Å². The Bertz CT molecular complexity index is 878. The van der Waals surface area contributed by atoms with E-state index in [4.69, 9.17) is 21.1 Å². The maximum atomic E-state index is 12.6. The van der Waals surface area contributed by atoms with E-state index in [-0.39, 0.29) is 12.4 Å². The number of allylic oxidation sites excluding steroid dienone is 1. The van der Waals surface area contributed by atoms with Gasteiger partial charge in [0.1, 0.15) is 0 Å². The molecule has 2 heterocycles. The quantitative estimate of drug-likeness (QED) is 0.687. The number of halogens is 1. The zero-order valence-electron chi connectivity index (χ0n) is 15.2. The van der Waals surface area contributed by atoms with Crippen LogP contribution in [0.5, 0.6) is 0 Å². The van der Waals surface area contributed by atoms with Gasteiger partial charge >= 0.3 is 11.9 Å². The van der Waals surface area contributed by atoms with Crippen molar-refractivity contribution in [3.05, 3.63) is 57.2 Å². The molecule has 0 fully saturated rings. The molecule has 0 amide bonds. The number of rotatable bonds is 5. The van der Waals surface area contributed by atoms with Crippen LogP contribution in [0.25, 0.3) is 0 Å². The SMILES string of the molecule is CCOC(=O)CC1=CSC2=NC(C)=C(C(=O)OC)C(c3ccccc3Cl)N12. The minimum atomic E-state index is -0.533. The molecule has 0 saturated carbocycles. The molecule has 1 atom stereocenters. The smallest absolute Gasteiger partial charge is 0.338 e. The number of carbonyl (C=O) groups is 2. The highest BCUT2D eigenvalue weighted by molar-refractivity contribution is 8.16. The van der Waals surface area contributed by atoms with E-state index in [0.717, 1.165) is 5.56 Å². The third kappa shape index (κ3) is 3.75. The van der Waals surface area contributed by atoms with E-state index >= 15 is 0 Å². The van der Waals surface area contributed by atoms with Crippen LogP contribution in [0.2, 0.25) is 5.02 Å². The number of benzene rings is 1. The highest BCUT2D eigenvalue weighted by Gasteiger charge is 2.41. The topological polar surface area (TPSA) is 68.2 Å². The zero-order chi connectivity index (χ0) is 19.6. The Labute approximate surface area is 166 Å². The molecule has 0 spiro atoms. The molecule has 0 aliphatic carbocycles. The number of fused-ring (bicyclic) bond motifs is 1. The van der Waals surface area contributed by atoms with Crippen LogP contribution in [0.15, 0.2) is 51.6 Å². The van der Waals surface area contributed by atoms with Crippen molar-refractivity contribution in [3.63, 3.8) is 0 Å². The van der Waals surface area contributed by atoms with Crippen molar-refractivity contribution in [1.29, 1.82) is 0 Å². The van der Waals surface area contributed by atoms with Crippen molar-refractivity contribution in [2.45, 2.75) is 26.3 Å². The number of ether oxygens (including phenoxy) is 2. The van der Waals surface area contributed by atoms with Crippen molar-refractivity contribution in [3.8, 4) is 0 Å². The summed E-state index contributed by atoms with van der Waals surface area (Å²) in [6.07, 6.45) is 0.0777. The van der Waals surface area contributed by atoms with Gasteiger partial charge in [-0.1, -0.05) is 41.6 Å². The van der Waals surface area contributed by atoms with Gasteiger partial charge in [-0.05, 0) is 30.9 Å². The number of hydrogen-bond acceptors (Lipinski definition) is 7. The fourth-order valence-electron chi connectivity index (χ4n) is 3.09. The van der Waals surface area contributed by atoms with Crippen LogP contribution < -0.4 is 0 Å². The fourth-order valence-corrected chi connectivity index (χ4v) is 4.30. The zero-order valence-corrected chi connectivity index (χ0v) is 16.8. The van der Waals surface area contributed by atoms with E-state index in [1.54, 1.807) is 19.9 Å². The van der Waals surface area contributed by atoms with Crippen LogP contribution in [0.4, 0.5) is 0 Å². The lowest BCUT2D eigenvalue weighted by molar-refractivity contribution is -0.142. The monoisotopic (exact) mass is 406 g/mol. The van der Waals surface area contributed by atoms with Gasteiger partial charge in [-0.2, -0.15) is 0 Å². The number of amidine groups is 1. The molecule has 2 aliphatic heterocycles. The van der Waals surface area contributed by atoms with Gasteiger partial charge in [0.15, 0.2) is 5.17 Å². The molecular formula is C19H19ClN2O4S. The Kier molecular flexibility index (Phi) is 5.92. The van der Waals surface area contributed by atoms with Crippen molar-refractivity contribution in [2.75, 3.05) is 13.7 Å². The summed E-state index contributed by atoms with van der Waals surface area (Å²) >= 11 is 7.85. The van der Waals surface area contributed by atoms with Gasteiger partial charge in [-0.15, -0.1) is 0 Å². The van der Waals surface area contributed by atoms with Crippen LogP contribution in [-0.2, 0) is 19.1 Å². The second kappa shape index (κ2) is 8.19. The summed E-state index contributed by atoms with van der Waals surface area (Å²) in [5, 5.41) is 3.06. The highest BCUT2D eigenvalue weighted by Crippen LogP contribution is 2.46. The third-order valence-corrected chi connectivity index (χ3v) is 5.47. The number of carbonyl (C=O) groups excluding carboxylic acids is 2. The Hall–Kier alpha value is -2.25. The second-order valence-corrected chi connectivity index (χ2v) is 7.13. The van der Waals surface area contributed by atoms with Gasteiger partial charge < -0.3 is 14.4 Å². The Morgan fingerprint density at radius 2 is 2.07 bits per heavy atom. The Morgan fingerprint density at radius 3 is 2.74 bits per heavy atom. The number of thioether (sulfide) groups is 1. The van der Waals surface area contributed by atoms with Crippen LogP contribution in [-0.4, -0.2) is 35.7 Å². The molecule has 0 radical (unpaired) electrons. The molecule has 1 aromatic carbocycles. The highest BCUT2D eigenvalue weighted by atomic mass is 35.5. The van der Waals surface area contributed by atoms with E-state index in [9.17, 15) is 9.59 Å².